The van der Waals surface area contributed by atoms with Gasteiger partial charge in [-0.15, -0.1) is 16.4 Å². The number of anilines is 1. The molecule has 2 aromatic rings. The molecule has 0 spiro atoms. The molecule has 0 fully saturated rings. The van der Waals surface area contributed by atoms with Crippen LogP contribution in [0.5, 0.6) is 0 Å². The maximum Gasteiger partial charge on any atom is 0.149 e. The van der Waals surface area contributed by atoms with E-state index in [-0.39, 0.29) is 6.04 Å². The Morgan fingerprint density at radius 3 is 3.00 bits per heavy atom. The zero-order chi connectivity index (χ0) is 11.4. The van der Waals surface area contributed by atoms with Crippen molar-refractivity contribution in [3.63, 3.8) is 0 Å². The quantitative estimate of drug-likeness (QED) is 0.883. The van der Waals surface area contributed by atoms with Crippen LogP contribution in [0.15, 0.2) is 24.5 Å². The maximum absolute atomic E-state index is 4.39. The molecule has 2 rings (SSSR count). The topological polar surface area (TPSA) is 50.7 Å². The SMILES string of the molecule is CCc1cnc(C(C)Nc2cccnn2)s1. The molecule has 0 aliphatic heterocycles. The molecule has 2 heterocycles. The van der Waals surface area contributed by atoms with Crippen molar-refractivity contribution < 1.29 is 0 Å². The predicted molar refractivity (Wildman–Crippen MR) is 65.6 cm³/mol. The molecule has 0 aromatic carbocycles. The molecule has 1 N–H and O–H groups in total. The third kappa shape index (κ3) is 2.55. The van der Waals surface area contributed by atoms with Gasteiger partial charge in [0.05, 0.1) is 6.04 Å². The van der Waals surface area contributed by atoms with E-state index >= 15 is 0 Å². The van der Waals surface area contributed by atoms with Gasteiger partial charge in [-0.2, -0.15) is 5.10 Å². The number of rotatable bonds is 4. The van der Waals surface area contributed by atoms with Crippen LogP contribution in [0.3, 0.4) is 0 Å². The summed E-state index contributed by atoms with van der Waals surface area (Å²) in [4.78, 5) is 5.70. The third-order valence-corrected chi connectivity index (χ3v) is 3.55. The van der Waals surface area contributed by atoms with E-state index < -0.39 is 0 Å². The van der Waals surface area contributed by atoms with Crippen LogP contribution in [0.1, 0.15) is 29.8 Å². The van der Waals surface area contributed by atoms with E-state index in [0.29, 0.717) is 0 Å². The van der Waals surface area contributed by atoms with Gasteiger partial charge in [0.1, 0.15) is 10.8 Å². The summed E-state index contributed by atoms with van der Waals surface area (Å²) in [6.45, 7) is 4.21. The number of nitrogens with zero attached hydrogens (tertiary/aromatic N) is 3. The normalized spacial score (nSPS) is 12.4. The lowest BCUT2D eigenvalue weighted by Crippen LogP contribution is -2.07. The average Bonchev–Trinajstić information content (AvgIpc) is 2.79. The highest BCUT2D eigenvalue weighted by Crippen LogP contribution is 2.22. The molecule has 0 aliphatic rings. The molecule has 0 saturated carbocycles. The number of hydrogen-bond acceptors (Lipinski definition) is 5. The van der Waals surface area contributed by atoms with Gasteiger partial charge in [0.25, 0.3) is 0 Å². The molecule has 4 nitrogen and oxygen atoms in total. The number of hydrogen-bond donors (Lipinski definition) is 1. The Hall–Kier alpha value is -1.49. The largest absolute Gasteiger partial charge is 0.360 e. The summed E-state index contributed by atoms with van der Waals surface area (Å²) in [5, 5.41) is 12.2. The predicted octanol–water partition coefficient (Wildman–Crippen LogP) is 2.67. The first-order valence-corrected chi connectivity index (χ1v) is 6.10. The zero-order valence-corrected chi connectivity index (χ0v) is 10.2. The Labute approximate surface area is 98.8 Å². The van der Waals surface area contributed by atoms with E-state index in [9.17, 15) is 0 Å². The molecule has 1 unspecified atom stereocenters. The molecule has 5 heteroatoms. The van der Waals surface area contributed by atoms with Crippen molar-refractivity contribution in [3.05, 3.63) is 34.4 Å². The van der Waals surface area contributed by atoms with Crippen LogP contribution in [-0.2, 0) is 6.42 Å². The molecule has 0 amide bonds. The van der Waals surface area contributed by atoms with Crippen molar-refractivity contribution in [2.24, 2.45) is 0 Å². The molecule has 0 bridgehead atoms. The van der Waals surface area contributed by atoms with Gasteiger partial charge in [-0.3, -0.25) is 0 Å². The van der Waals surface area contributed by atoms with Gasteiger partial charge in [-0.25, -0.2) is 4.98 Å². The fourth-order valence-corrected chi connectivity index (χ4v) is 2.21. The molecule has 1 atom stereocenters. The first kappa shape index (κ1) is 11.0. The Balaban J connectivity index is 2.05. The summed E-state index contributed by atoms with van der Waals surface area (Å²) in [5.74, 6) is 0.781. The highest BCUT2D eigenvalue weighted by molar-refractivity contribution is 7.11. The number of nitrogens with one attached hydrogen (secondary N) is 1. The van der Waals surface area contributed by atoms with Crippen LogP contribution < -0.4 is 5.32 Å². The Kier molecular flexibility index (Phi) is 3.46. The van der Waals surface area contributed by atoms with Gasteiger partial charge in [0, 0.05) is 17.3 Å². The Morgan fingerprint density at radius 1 is 1.50 bits per heavy atom. The van der Waals surface area contributed by atoms with Gasteiger partial charge in [-0.1, -0.05) is 6.92 Å². The van der Waals surface area contributed by atoms with Gasteiger partial charge in [-0.05, 0) is 25.5 Å². The van der Waals surface area contributed by atoms with Gasteiger partial charge < -0.3 is 5.32 Å². The third-order valence-electron chi connectivity index (χ3n) is 2.23. The lowest BCUT2D eigenvalue weighted by atomic mass is 10.3. The minimum Gasteiger partial charge on any atom is -0.360 e. The molecular weight excluding hydrogens is 220 g/mol. The van der Waals surface area contributed by atoms with Crippen LogP contribution in [0, 0.1) is 0 Å². The van der Waals surface area contributed by atoms with Crippen LogP contribution in [-0.4, -0.2) is 15.2 Å². The van der Waals surface area contributed by atoms with Crippen molar-refractivity contribution in [3.8, 4) is 0 Å². The standard InChI is InChI=1S/C11H14N4S/c1-3-9-7-12-11(16-9)8(2)14-10-5-4-6-13-15-10/h4-8H,3H2,1-2H3,(H,14,15). The van der Waals surface area contributed by atoms with E-state index in [2.05, 4.69) is 34.3 Å². The minimum absolute atomic E-state index is 0.169. The average molecular weight is 234 g/mol. The second kappa shape index (κ2) is 5.03. The van der Waals surface area contributed by atoms with E-state index in [1.807, 2.05) is 18.3 Å². The molecule has 0 aliphatic carbocycles. The van der Waals surface area contributed by atoms with Gasteiger partial charge in [0.2, 0.25) is 0 Å². The molecule has 16 heavy (non-hydrogen) atoms. The van der Waals surface area contributed by atoms with Gasteiger partial charge in [0.15, 0.2) is 0 Å². The fraction of sp³-hybridized carbons (Fsp3) is 0.364. The first-order valence-electron chi connectivity index (χ1n) is 5.28. The summed E-state index contributed by atoms with van der Waals surface area (Å²) in [7, 11) is 0. The Morgan fingerprint density at radius 2 is 2.38 bits per heavy atom. The zero-order valence-electron chi connectivity index (χ0n) is 9.34. The van der Waals surface area contributed by atoms with Crippen LogP contribution in [0.25, 0.3) is 0 Å². The van der Waals surface area contributed by atoms with Crippen LogP contribution in [0.2, 0.25) is 0 Å². The second-order valence-corrected chi connectivity index (χ2v) is 4.64. The van der Waals surface area contributed by atoms with Crippen LogP contribution in [0.4, 0.5) is 5.82 Å². The number of aromatic nitrogens is 3. The van der Waals surface area contributed by atoms with Gasteiger partial charge >= 0.3 is 0 Å². The summed E-state index contributed by atoms with van der Waals surface area (Å²) < 4.78 is 0. The van der Waals surface area contributed by atoms with Crippen LogP contribution >= 0.6 is 11.3 Å². The molecule has 84 valence electrons. The summed E-state index contributed by atoms with van der Waals surface area (Å²) >= 11 is 1.74. The van der Waals surface area contributed by atoms with Crippen molar-refractivity contribution in [2.75, 3.05) is 5.32 Å². The first-order chi connectivity index (χ1) is 7.79. The van der Waals surface area contributed by atoms with E-state index in [1.165, 1.54) is 4.88 Å². The summed E-state index contributed by atoms with van der Waals surface area (Å²) in [5.41, 5.74) is 0. The van der Waals surface area contributed by atoms with Crippen molar-refractivity contribution in [2.45, 2.75) is 26.3 Å². The van der Waals surface area contributed by atoms with Crippen molar-refractivity contribution >= 4 is 17.2 Å². The lowest BCUT2D eigenvalue weighted by molar-refractivity contribution is 0.848. The highest BCUT2D eigenvalue weighted by atomic mass is 32.1. The highest BCUT2D eigenvalue weighted by Gasteiger charge is 2.10. The monoisotopic (exact) mass is 234 g/mol. The summed E-state index contributed by atoms with van der Waals surface area (Å²) in [6.07, 6.45) is 4.64. The van der Waals surface area contributed by atoms with Crippen molar-refractivity contribution in [1.82, 2.24) is 15.2 Å². The second-order valence-electron chi connectivity index (χ2n) is 3.49. The molecule has 2 aromatic heterocycles. The van der Waals surface area contributed by atoms with E-state index in [0.717, 1.165) is 17.2 Å². The number of aryl methyl sites for hydroxylation is 1. The molecule has 0 saturated heterocycles. The van der Waals surface area contributed by atoms with E-state index in [4.69, 9.17) is 0 Å². The molecule has 0 radical (unpaired) electrons. The fourth-order valence-electron chi connectivity index (χ4n) is 1.35. The number of thiazole rings is 1. The van der Waals surface area contributed by atoms with Crippen molar-refractivity contribution in [1.29, 1.82) is 0 Å². The Bertz CT molecular complexity index is 440. The minimum atomic E-state index is 0.169. The lowest BCUT2D eigenvalue weighted by Gasteiger charge is -2.10. The summed E-state index contributed by atoms with van der Waals surface area (Å²) in [6, 6.07) is 3.93. The molecular formula is C11H14N4S. The maximum atomic E-state index is 4.39. The van der Waals surface area contributed by atoms with E-state index in [1.54, 1.807) is 17.5 Å². The smallest absolute Gasteiger partial charge is 0.149 e.